The zero-order valence-corrected chi connectivity index (χ0v) is 13.5. The SMILES string of the molecule is CC1CCCCN1Cc1cc(Br)ccc1OCC(F)(F)F. The van der Waals surface area contributed by atoms with Crippen LogP contribution in [0.3, 0.4) is 0 Å². The van der Waals surface area contributed by atoms with Crippen LogP contribution >= 0.6 is 15.9 Å². The Morgan fingerprint density at radius 2 is 2.10 bits per heavy atom. The highest BCUT2D eigenvalue weighted by atomic mass is 79.9. The lowest BCUT2D eigenvalue weighted by molar-refractivity contribution is -0.153. The first-order valence-corrected chi connectivity index (χ1v) is 7.86. The van der Waals surface area contributed by atoms with Crippen molar-refractivity contribution in [1.29, 1.82) is 0 Å². The zero-order valence-electron chi connectivity index (χ0n) is 11.9. The molecule has 1 saturated heterocycles. The number of likely N-dealkylation sites (tertiary alicyclic amines) is 1. The van der Waals surface area contributed by atoms with E-state index in [1.54, 1.807) is 12.1 Å². The second-order valence-electron chi connectivity index (χ2n) is 5.47. The van der Waals surface area contributed by atoms with Crippen LogP contribution in [0.2, 0.25) is 0 Å². The molecule has 0 radical (unpaired) electrons. The van der Waals surface area contributed by atoms with Gasteiger partial charge in [0.2, 0.25) is 0 Å². The van der Waals surface area contributed by atoms with Crippen LogP contribution in [0.5, 0.6) is 5.75 Å². The average Bonchev–Trinajstić information content (AvgIpc) is 2.39. The van der Waals surface area contributed by atoms with Gasteiger partial charge in [0, 0.05) is 22.6 Å². The Kier molecular flexibility index (Phi) is 5.54. The summed E-state index contributed by atoms with van der Waals surface area (Å²) in [6, 6.07) is 5.59. The van der Waals surface area contributed by atoms with E-state index in [2.05, 4.69) is 27.8 Å². The molecule has 0 bridgehead atoms. The molecule has 0 spiro atoms. The maximum atomic E-state index is 12.3. The molecule has 1 atom stereocenters. The summed E-state index contributed by atoms with van der Waals surface area (Å²) >= 11 is 3.37. The lowest BCUT2D eigenvalue weighted by Gasteiger charge is -2.33. The third-order valence-electron chi connectivity index (χ3n) is 3.73. The van der Waals surface area contributed by atoms with E-state index in [9.17, 15) is 13.2 Å². The van der Waals surface area contributed by atoms with Crippen molar-refractivity contribution in [1.82, 2.24) is 4.90 Å². The van der Waals surface area contributed by atoms with Crippen molar-refractivity contribution in [2.75, 3.05) is 13.2 Å². The monoisotopic (exact) mass is 365 g/mol. The quantitative estimate of drug-likeness (QED) is 0.762. The Labute approximate surface area is 131 Å². The Balaban J connectivity index is 2.11. The van der Waals surface area contributed by atoms with Crippen molar-refractivity contribution < 1.29 is 17.9 Å². The fourth-order valence-electron chi connectivity index (χ4n) is 2.58. The molecule has 118 valence electrons. The van der Waals surface area contributed by atoms with Crippen molar-refractivity contribution in [2.24, 2.45) is 0 Å². The second kappa shape index (κ2) is 7.01. The molecular formula is C15H19BrF3NO. The molecular weight excluding hydrogens is 347 g/mol. The number of nitrogens with zero attached hydrogens (tertiary/aromatic N) is 1. The molecule has 1 aromatic carbocycles. The topological polar surface area (TPSA) is 12.5 Å². The summed E-state index contributed by atoms with van der Waals surface area (Å²) in [5.74, 6) is 0.313. The molecule has 1 fully saturated rings. The van der Waals surface area contributed by atoms with Crippen LogP contribution in [0.4, 0.5) is 13.2 Å². The Bertz CT molecular complexity index is 478. The van der Waals surface area contributed by atoms with E-state index < -0.39 is 12.8 Å². The first-order valence-electron chi connectivity index (χ1n) is 7.07. The van der Waals surface area contributed by atoms with Gasteiger partial charge in [-0.05, 0) is 44.5 Å². The van der Waals surface area contributed by atoms with Crippen LogP contribution in [-0.2, 0) is 6.54 Å². The van der Waals surface area contributed by atoms with Crippen molar-refractivity contribution in [2.45, 2.75) is 44.9 Å². The van der Waals surface area contributed by atoms with Crippen molar-refractivity contribution in [3.8, 4) is 5.75 Å². The predicted octanol–water partition coefficient (Wildman–Crippen LogP) is 4.76. The molecule has 0 saturated carbocycles. The summed E-state index contributed by atoms with van der Waals surface area (Å²) in [6.45, 7) is 2.50. The average molecular weight is 366 g/mol. The van der Waals surface area contributed by atoms with E-state index in [-0.39, 0.29) is 0 Å². The maximum absolute atomic E-state index is 12.3. The number of piperidine rings is 1. The third kappa shape index (κ3) is 5.18. The van der Waals surface area contributed by atoms with Crippen molar-refractivity contribution in [3.63, 3.8) is 0 Å². The van der Waals surface area contributed by atoms with E-state index in [0.29, 0.717) is 18.3 Å². The lowest BCUT2D eigenvalue weighted by atomic mass is 10.0. The van der Waals surface area contributed by atoms with Gasteiger partial charge in [0.15, 0.2) is 6.61 Å². The van der Waals surface area contributed by atoms with E-state index in [1.807, 2.05) is 6.07 Å². The highest BCUT2D eigenvalue weighted by molar-refractivity contribution is 9.10. The summed E-state index contributed by atoms with van der Waals surface area (Å²) in [5, 5.41) is 0. The summed E-state index contributed by atoms with van der Waals surface area (Å²) in [4.78, 5) is 2.30. The number of hydrogen-bond donors (Lipinski definition) is 0. The number of halogens is 4. The van der Waals surface area contributed by atoms with Gasteiger partial charge in [-0.1, -0.05) is 22.4 Å². The number of alkyl halides is 3. The van der Waals surface area contributed by atoms with Crippen LogP contribution in [0.1, 0.15) is 31.7 Å². The highest BCUT2D eigenvalue weighted by Crippen LogP contribution is 2.28. The van der Waals surface area contributed by atoms with Gasteiger partial charge in [-0.2, -0.15) is 13.2 Å². The fourth-order valence-corrected chi connectivity index (χ4v) is 2.99. The van der Waals surface area contributed by atoms with Crippen molar-refractivity contribution in [3.05, 3.63) is 28.2 Å². The zero-order chi connectivity index (χ0) is 15.5. The number of hydrogen-bond acceptors (Lipinski definition) is 2. The maximum Gasteiger partial charge on any atom is 0.422 e. The van der Waals surface area contributed by atoms with E-state index in [0.717, 1.165) is 29.4 Å². The van der Waals surface area contributed by atoms with Crippen LogP contribution < -0.4 is 4.74 Å². The second-order valence-corrected chi connectivity index (χ2v) is 6.39. The number of rotatable bonds is 4. The smallest absolute Gasteiger partial charge is 0.422 e. The highest BCUT2D eigenvalue weighted by Gasteiger charge is 2.29. The van der Waals surface area contributed by atoms with Crippen LogP contribution in [0, 0.1) is 0 Å². The predicted molar refractivity (Wildman–Crippen MR) is 79.4 cm³/mol. The van der Waals surface area contributed by atoms with E-state index >= 15 is 0 Å². The molecule has 21 heavy (non-hydrogen) atoms. The molecule has 6 heteroatoms. The van der Waals surface area contributed by atoms with Crippen LogP contribution in [-0.4, -0.2) is 30.3 Å². The molecule has 1 aromatic rings. The molecule has 2 nitrogen and oxygen atoms in total. The molecule has 0 amide bonds. The van der Waals surface area contributed by atoms with Gasteiger partial charge in [0.25, 0.3) is 0 Å². The molecule has 2 rings (SSSR count). The molecule has 0 N–H and O–H groups in total. The van der Waals surface area contributed by atoms with E-state index in [4.69, 9.17) is 4.74 Å². The molecule has 1 aliphatic rings. The van der Waals surface area contributed by atoms with Crippen LogP contribution in [0.25, 0.3) is 0 Å². The fraction of sp³-hybridized carbons (Fsp3) is 0.600. The summed E-state index contributed by atoms with van der Waals surface area (Å²) in [7, 11) is 0. The lowest BCUT2D eigenvalue weighted by Crippen LogP contribution is -2.36. The number of benzene rings is 1. The third-order valence-corrected chi connectivity index (χ3v) is 4.22. The molecule has 1 aliphatic heterocycles. The summed E-state index contributed by atoms with van der Waals surface area (Å²) in [6.07, 6.45) is -0.833. The Morgan fingerprint density at radius 3 is 2.76 bits per heavy atom. The Morgan fingerprint density at radius 1 is 1.33 bits per heavy atom. The molecule has 1 heterocycles. The summed E-state index contributed by atoms with van der Waals surface area (Å²) < 4.78 is 42.8. The largest absolute Gasteiger partial charge is 0.484 e. The first kappa shape index (κ1) is 16.6. The first-order chi connectivity index (χ1) is 9.85. The minimum atomic E-state index is -4.32. The Hall–Kier alpha value is -0.750. The minimum Gasteiger partial charge on any atom is -0.484 e. The van der Waals surface area contributed by atoms with Crippen LogP contribution in [0.15, 0.2) is 22.7 Å². The van der Waals surface area contributed by atoms with Gasteiger partial charge in [-0.3, -0.25) is 4.90 Å². The van der Waals surface area contributed by atoms with Gasteiger partial charge in [-0.25, -0.2) is 0 Å². The normalized spacial score (nSPS) is 20.5. The van der Waals surface area contributed by atoms with Gasteiger partial charge in [0.05, 0.1) is 0 Å². The van der Waals surface area contributed by atoms with Gasteiger partial charge >= 0.3 is 6.18 Å². The van der Waals surface area contributed by atoms with Gasteiger partial charge < -0.3 is 4.74 Å². The van der Waals surface area contributed by atoms with Gasteiger partial charge in [-0.15, -0.1) is 0 Å². The minimum absolute atomic E-state index is 0.313. The molecule has 1 unspecified atom stereocenters. The van der Waals surface area contributed by atoms with E-state index in [1.165, 1.54) is 6.42 Å². The standard InChI is InChI=1S/C15H19BrF3NO/c1-11-4-2-3-7-20(11)9-12-8-13(16)5-6-14(12)21-10-15(17,18)19/h5-6,8,11H,2-4,7,9-10H2,1H3. The molecule has 0 aliphatic carbocycles. The summed E-state index contributed by atoms with van der Waals surface area (Å²) in [5.41, 5.74) is 0.794. The number of ether oxygens (including phenoxy) is 1. The van der Waals surface area contributed by atoms with Gasteiger partial charge in [0.1, 0.15) is 5.75 Å². The van der Waals surface area contributed by atoms with Crippen molar-refractivity contribution >= 4 is 15.9 Å². The molecule has 0 aromatic heterocycles.